The molecule has 2 rings (SSSR count). The van der Waals surface area contributed by atoms with E-state index in [1.54, 1.807) is 19.3 Å². The Hall–Kier alpha value is -1.95. The fourth-order valence-electron chi connectivity index (χ4n) is 1.41. The van der Waals surface area contributed by atoms with Crippen LogP contribution in [-0.4, -0.2) is 21.3 Å². The Bertz CT molecular complexity index is 559. The molecule has 0 aromatic carbocycles. The number of pyridine rings is 1. The van der Waals surface area contributed by atoms with E-state index < -0.39 is 0 Å². The third kappa shape index (κ3) is 2.59. The topological polar surface area (TPSA) is 86.9 Å². The van der Waals surface area contributed by atoms with Crippen molar-refractivity contribution in [2.24, 2.45) is 12.8 Å². The van der Waals surface area contributed by atoms with Crippen molar-refractivity contribution in [3.8, 4) is 11.5 Å². The summed E-state index contributed by atoms with van der Waals surface area (Å²) in [5, 5.41) is 7.81. The molecule has 6 heteroatoms. The van der Waals surface area contributed by atoms with E-state index in [0.29, 0.717) is 30.3 Å². The molecule has 0 radical (unpaired) electrons. The van der Waals surface area contributed by atoms with Crippen LogP contribution in [0, 0.1) is 0 Å². The molecule has 0 spiro atoms. The Kier molecular flexibility index (Phi) is 3.34. The van der Waals surface area contributed by atoms with Gasteiger partial charge in [-0.05, 0) is 19.0 Å². The number of aryl methyl sites for hydroxylation is 2. The van der Waals surface area contributed by atoms with Gasteiger partial charge in [0.25, 0.3) is 5.56 Å². The average Bonchev–Trinajstić information content (AvgIpc) is 2.79. The number of hydrogen-bond acceptors (Lipinski definition) is 5. The van der Waals surface area contributed by atoms with Crippen molar-refractivity contribution in [2.45, 2.75) is 12.8 Å². The maximum atomic E-state index is 11.4. The first-order chi connectivity index (χ1) is 8.20. The second-order valence-electron chi connectivity index (χ2n) is 3.76. The summed E-state index contributed by atoms with van der Waals surface area (Å²) in [5.41, 5.74) is 5.93. The van der Waals surface area contributed by atoms with Crippen LogP contribution in [0.5, 0.6) is 0 Å². The minimum atomic E-state index is -0.107. The molecule has 2 N–H and O–H groups in total. The molecule has 0 bridgehead atoms. The Balaban J connectivity index is 2.24. The lowest BCUT2D eigenvalue weighted by Gasteiger charge is -1.97. The lowest BCUT2D eigenvalue weighted by atomic mass is 10.3. The summed E-state index contributed by atoms with van der Waals surface area (Å²) in [4.78, 5) is 11.4. The molecule has 17 heavy (non-hydrogen) atoms. The molecule has 0 aliphatic carbocycles. The molecule has 0 amide bonds. The molecule has 2 aromatic heterocycles. The Morgan fingerprint density at radius 3 is 3.00 bits per heavy atom. The quantitative estimate of drug-likeness (QED) is 0.823. The maximum absolute atomic E-state index is 11.4. The van der Waals surface area contributed by atoms with Gasteiger partial charge in [-0.2, -0.15) is 0 Å². The van der Waals surface area contributed by atoms with Crippen molar-refractivity contribution in [3.63, 3.8) is 0 Å². The van der Waals surface area contributed by atoms with E-state index in [-0.39, 0.29) is 5.56 Å². The van der Waals surface area contributed by atoms with Gasteiger partial charge in [-0.25, -0.2) is 0 Å². The number of nitrogens with zero attached hydrogens (tertiary/aromatic N) is 3. The highest BCUT2D eigenvalue weighted by Crippen LogP contribution is 2.15. The normalized spacial score (nSPS) is 10.7. The van der Waals surface area contributed by atoms with Crippen LogP contribution in [0.1, 0.15) is 12.3 Å². The van der Waals surface area contributed by atoms with Crippen LogP contribution in [0.4, 0.5) is 0 Å². The number of hydrogen-bond donors (Lipinski definition) is 1. The lowest BCUT2D eigenvalue weighted by Crippen LogP contribution is -2.14. The van der Waals surface area contributed by atoms with Crippen molar-refractivity contribution in [1.29, 1.82) is 0 Å². The highest BCUT2D eigenvalue weighted by atomic mass is 16.4. The first kappa shape index (κ1) is 11.5. The van der Waals surface area contributed by atoms with Crippen LogP contribution >= 0.6 is 0 Å². The Labute approximate surface area is 98.1 Å². The molecule has 0 aliphatic rings. The van der Waals surface area contributed by atoms with E-state index in [1.807, 2.05) is 0 Å². The van der Waals surface area contributed by atoms with Crippen LogP contribution in [0.25, 0.3) is 11.5 Å². The summed E-state index contributed by atoms with van der Waals surface area (Å²) in [7, 11) is 1.69. The third-order valence-electron chi connectivity index (χ3n) is 2.41. The van der Waals surface area contributed by atoms with Gasteiger partial charge in [-0.1, -0.05) is 0 Å². The van der Waals surface area contributed by atoms with Crippen LogP contribution in [0.3, 0.4) is 0 Å². The van der Waals surface area contributed by atoms with Gasteiger partial charge in [0.1, 0.15) is 0 Å². The minimum Gasteiger partial charge on any atom is -0.421 e. The minimum absolute atomic E-state index is 0.107. The SMILES string of the molecule is Cn1ccc(-c2nnc(CCCN)o2)cc1=O. The Morgan fingerprint density at radius 1 is 1.47 bits per heavy atom. The fourth-order valence-corrected chi connectivity index (χ4v) is 1.41. The van der Waals surface area contributed by atoms with Gasteiger partial charge in [-0.15, -0.1) is 10.2 Å². The molecule has 0 unspecified atom stereocenters. The summed E-state index contributed by atoms with van der Waals surface area (Å²) >= 11 is 0. The average molecular weight is 234 g/mol. The predicted molar refractivity (Wildman–Crippen MR) is 62.4 cm³/mol. The number of aromatic nitrogens is 3. The van der Waals surface area contributed by atoms with E-state index in [0.717, 1.165) is 6.42 Å². The van der Waals surface area contributed by atoms with E-state index in [1.165, 1.54) is 10.6 Å². The fraction of sp³-hybridized carbons (Fsp3) is 0.364. The molecule has 2 aromatic rings. The zero-order valence-corrected chi connectivity index (χ0v) is 9.59. The van der Waals surface area contributed by atoms with Gasteiger partial charge in [0.15, 0.2) is 0 Å². The lowest BCUT2D eigenvalue weighted by molar-refractivity contribution is 0.498. The first-order valence-electron chi connectivity index (χ1n) is 5.40. The summed E-state index contributed by atoms with van der Waals surface area (Å²) in [5.74, 6) is 0.917. The van der Waals surface area contributed by atoms with Crippen LogP contribution in [-0.2, 0) is 13.5 Å². The molecule has 6 nitrogen and oxygen atoms in total. The first-order valence-corrected chi connectivity index (χ1v) is 5.40. The van der Waals surface area contributed by atoms with Gasteiger partial charge >= 0.3 is 0 Å². The molecule has 0 saturated carbocycles. The number of nitrogens with two attached hydrogens (primary N) is 1. The molecular formula is C11H14N4O2. The summed E-state index contributed by atoms with van der Waals surface area (Å²) in [6.45, 7) is 0.587. The van der Waals surface area contributed by atoms with Gasteiger partial charge in [-0.3, -0.25) is 4.79 Å². The predicted octanol–water partition coefficient (Wildman–Crippen LogP) is 0.327. The molecule has 0 atom stereocenters. The van der Waals surface area contributed by atoms with E-state index in [2.05, 4.69) is 10.2 Å². The summed E-state index contributed by atoms with van der Waals surface area (Å²) in [6, 6.07) is 3.24. The van der Waals surface area contributed by atoms with E-state index in [4.69, 9.17) is 10.2 Å². The van der Waals surface area contributed by atoms with Crippen molar-refractivity contribution < 1.29 is 4.42 Å². The molecule has 0 saturated heterocycles. The van der Waals surface area contributed by atoms with Gasteiger partial charge in [0.05, 0.1) is 0 Å². The van der Waals surface area contributed by atoms with Crippen molar-refractivity contribution in [2.75, 3.05) is 6.54 Å². The van der Waals surface area contributed by atoms with E-state index in [9.17, 15) is 4.79 Å². The third-order valence-corrected chi connectivity index (χ3v) is 2.41. The van der Waals surface area contributed by atoms with Crippen LogP contribution in [0.15, 0.2) is 27.5 Å². The highest BCUT2D eigenvalue weighted by Gasteiger charge is 2.08. The monoisotopic (exact) mass is 234 g/mol. The van der Waals surface area contributed by atoms with E-state index >= 15 is 0 Å². The highest BCUT2D eigenvalue weighted by molar-refractivity contribution is 5.50. The van der Waals surface area contributed by atoms with Crippen LogP contribution in [0.2, 0.25) is 0 Å². The molecule has 2 heterocycles. The van der Waals surface area contributed by atoms with Gasteiger partial charge in [0.2, 0.25) is 11.8 Å². The maximum Gasteiger partial charge on any atom is 0.251 e. The van der Waals surface area contributed by atoms with Gasteiger partial charge < -0.3 is 14.7 Å². The molecule has 0 fully saturated rings. The smallest absolute Gasteiger partial charge is 0.251 e. The summed E-state index contributed by atoms with van der Waals surface area (Å²) in [6.07, 6.45) is 3.13. The van der Waals surface area contributed by atoms with Crippen molar-refractivity contribution >= 4 is 0 Å². The van der Waals surface area contributed by atoms with Crippen molar-refractivity contribution in [3.05, 3.63) is 34.6 Å². The Morgan fingerprint density at radius 2 is 2.29 bits per heavy atom. The standard InChI is InChI=1S/C11H14N4O2/c1-15-6-4-8(7-10(15)16)11-14-13-9(17-11)3-2-5-12/h4,6-7H,2-3,5,12H2,1H3. The molecule has 90 valence electrons. The zero-order valence-electron chi connectivity index (χ0n) is 9.59. The summed E-state index contributed by atoms with van der Waals surface area (Å²) < 4.78 is 6.92. The van der Waals surface area contributed by atoms with Crippen molar-refractivity contribution in [1.82, 2.24) is 14.8 Å². The zero-order chi connectivity index (χ0) is 12.3. The van der Waals surface area contributed by atoms with Gasteiger partial charge in [0, 0.05) is 31.3 Å². The molecule has 0 aliphatic heterocycles. The second-order valence-corrected chi connectivity index (χ2v) is 3.76. The second kappa shape index (κ2) is 4.92. The molecular weight excluding hydrogens is 220 g/mol. The largest absolute Gasteiger partial charge is 0.421 e. The van der Waals surface area contributed by atoms with Crippen LogP contribution < -0.4 is 11.3 Å². The number of rotatable bonds is 4.